The summed E-state index contributed by atoms with van der Waals surface area (Å²) >= 11 is 0. The Morgan fingerprint density at radius 1 is 1.17 bits per heavy atom. The number of hydrogen-bond donors (Lipinski definition) is 5. The van der Waals surface area contributed by atoms with Crippen LogP contribution in [-0.2, 0) is 4.79 Å². The van der Waals surface area contributed by atoms with Crippen molar-refractivity contribution in [3.05, 3.63) is 33.2 Å². The number of aromatic hydroxyl groups is 1. The monoisotopic (exact) mass is 479 g/mol. The van der Waals surface area contributed by atoms with Crippen LogP contribution in [0.25, 0.3) is 11.7 Å². The van der Waals surface area contributed by atoms with E-state index in [1.807, 2.05) is 6.92 Å². The van der Waals surface area contributed by atoms with E-state index < -0.39 is 5.69 Å². The van der Waals surface area contributed by atoms with Crippen molar-refractivity contribution < 1.29 is 9.90 Å². The molecule has 5 N–H and O–H groups in total. The van der Waals surface area contributed by atoms with Gasteiger partial charge in [0.25, 0.3) is 5.62 Å². The summed E-state index contributed by atoms with van der Waals surface area (Å²) in [6.45, 7) is 2.03. The van der Waals surface area contributed by atoms with Crippen molar-refractivity contribution in [2.24, 2.45) is 10.4 Å². The van der Waals surface area contributed by atoms with Crippen LogP contribution in [-0.4, -0.2) is 58.7 Å². The molecule has 3 heterocycles. The van der Waals surface area contributed by atoms with Crippen LogP contribution in [0.5, 0.6) is 5.88 Å². The lowest BCUT2D eigenvalue weighted by atomic mass is 9.90. The number of imidazole rings is 1. The van der Waals surface area contributed by atoms with E-state index in [2.05, 4.69) is 30.7 Å². The number of amides is 1. The fourth-order valence-electron chi connectivity index (χ4n) is 4.48. The van der Waals surface area contributed by atoms with Crippen LogP contribution >= 0.6 is 0 Å². The van der Waals surface area contributed by atoms with Crippen LogP contribution in [0.2, 0.25) is 0 Å². The summed E-state index contributed by atoms with van der Waals surface area (Å²) < 4.78 is 1.59. The van der Waals surface area contributed by atoms with Gasteiger partial charge in [0.05, 0.1) is 12.2 Å². The number of H-pyrrole nitrogens is 2. The largest absolute Gasteiger partial charge is 0.493 e. The van der Waals surface area contributed by atoms with Crippen molar-refractivity contribution in [1.82, 2.24) is 34.9 Å². The van der Waals surface area contributed by atoms with Crippen LogP contribution in [0.1, 0.15) is 64.0 Å². The first kappa shape index (κ1) is 21.8. The van der Waals surface area contributed by atoms with Crippen LogP contribution in [0, 0.1) is 5.41 Å². The molecule has 12 heteroatoms. The average Bonchev–Trinajstić information content (AvgIpc) is 3.73. The molecule has 0 bridgehead atoms. The highest BCUT2D eigenvalue weighted by molar-refractivity contribution is 5.85. The summed E-state index contributed by atoms with van der Waals surface area (Å²) in [4.78, 5) is 42.8. The van der Waals surface area contributed by atoms with E-state index in [1.165, 1.54) is 0 Å². The van der Waals surface area contributed by atoms with E-state index in [0.717, 1.165) is 51.4 Å². The van der Waals surface area contributed by atoms with Gasteiger partial charge in [0.15, 0.2) is 5.65 Å². The molecule has 3 fully saturated rings. The van der Waals surface area contributed by atoms with Gasteiger partial charge >= 0.3 is 5.69 Å². The second-order valence-corrected chi connectivity index (χ2v) is 10.3. The molecule has 35 heavy (non-hydrogen) atoms. The Hall–Kier alpha value is -3.70. The quantitative estimate of drug-likeness (QED) is 0.334. The second kappa shape index (κ2) is 8.21. The average molecular weight is 480 g/mol. The molecular weight excluding hydrogens is 450 g/mol. The number of aromatic nitrogens is 6. The highest BCUT2D eigenvalue weighted by Crippen LogP contribution is 2.45. The summed E-state index contributed by atoms with van der Waals surface area (Å²) in [6, 6.07) is 0.653. The number of anilines is 1. The molecule has 3 aromatic rings. The fourth-order valence-corrected chi connectivity index (χ4v) is 4.48. The summed E-state index contributed by atoms with van der Waals surface area (Å²) in [7, 11) is 0. The third-order valence-electron chi connectivity index (χ3n) is 7.20. The molecule has 6 rings (SSSR count). The standard InChI is InChI=1S/C23H29N9O3/c1-23(8-9-23)19(34)25-13-2-4-14(5-3-13)26-20-29-17-12(10-16-18(33)30-22(35)28-16)11-24-32(17)21(31-20)27-15-6-7-15/h10-11,13-15,33H,2-9H2,1H3,(H,25,34)(H,26,27,31)(H2,28,30,35)/b12-10+. The topological polar surface area (TPSA) is 165 Å². The lowest BCUT2D eigenvalue weighted by Crippen LogP contribution is -2.43. The molecule has 12 nitrogen and oxygen atoms in total. The Bertz CT molecular complexity index is 1450. The predicted octanol–water partition coefficient (Wildman–Crippen LogP) is 0.0965. The first-order valence-corrected chi connectivity index (χ1v) is 12.3. The number of carbonyl (C=O) groups is 1. The number of nitrogens with zero attached hydrogens (tertiary/aromatic N) is 5. The Morgan fingerprint density at radius 2 is 1.91 bits per heavy atom. The van der Waals surface area contributed by atoms with Crippen LogP contribution < -0.4 is 27.2 Å². The predicted molar refractivity (Wildman–Crippen MR) is 126 cm³/mol. The number of nitrogens with one attached hydrogen (secondary N) is 4. The van der Waals surface area contributed by atoms with Gasteiger partial charge in [-0.2, -0.15) is 19.6 Å². The van der Waals surface area contributed by atoms with Gasteiger partial charge in [-0.05, 0) is 57.4 Å². The Kier molecular flexibility index (Phi) is 5.11. The van der Waals surface area contributed by atoms with Crippen molar-refractivity contribution >= 4 is 23.6 Å². The molecule has 0 spiro atoms. The van der Waals surface area contributed by atoms with Gasteiger partial charge < -0.3 is 20.7 Å². The van der Waals surface area contributed by atoms with E-state index in [4.69, 9.17) is 9.98 Å². The molecule has 0 atom stereocenters. The van der Waals surface area contributed by atoms with E-state index in [9.17, 15) is 14.7 Å². The number of aromatic amines is 2. The lowest BCUT2D eigenvalue weighted by Gasteiger charge is -2.30. The molecule has 3 aliphatic rings. The third kappa shape index (κ3) is 4.52. The van der Waals surface area contributed by atoms with Gasteiger partial charge in [-0.25, -0.2) is 9.79 Å². The van der Waals surface area contributed by atoms with E-state index >= 15 is 0 Å². The van der Waals surface area contributed by atoms with Crippen LogP contribution in [0.15, 0.2) is 16.0 Å². The minimum Gasteiger partial charge on any atom is -0.493 e. The van der Waals surface area contributed by atoms with Crippen molar-refractivity contribution in [3.8, 4) is 5.88 Å². The van der Waals surface area contributed by atoms with Gasteiger partial charge in [-0.1, -0.05) is 6.92 Å². The van der Waals surface area contributed by atoms with Gasteiger partial charge in [0.2, 0.25) is 17.7 Å². The maximum atomic E-state index is 12.4. The van der Waals surface area contributed by atoms with Crippen molar-refractivity contribution in [1.29, 1.82) is 0 Å². The number of hydrogen-bond acceptors (Lipinski definition) is 8. The number of carbonyl (C=O) groups excluding carboxylic acids is 1. The SMILES string of the molecule is CC1(C(=O)NC2CCC(Nc3nc(=NC4CC4)n4nc/c(=C\c5[nH]c(=O)[nH]c5O)c4n3)CC2)CC1. The molecule has 0 radical (unpaired) electrons. The molecule has 0 aliphatic heterocycles. The van der Waals surface area contributed by atoms with Crippen molar-refractivity contribution in [3.63, 3.8) is 0 Å². The Labute approximate surface area is 200 Å². The highest BCUT2D eigenvalue weighted by atomic mass is 16.3. The summed E-state index contributed by atoms with van der Waals surface area (Å²) in [5.74, 6) is 0.411. The molecule has 3 saturated carbocycles. The van der Waals surface area contributed by atoms with Gasteiger partial charge in [-0.15, -0.1) is 0 Å². The van der Waals surface area contributed by atoms with Gasteiger partial charge in [-0.3, -0.25) is 9.78 Å². The Balaban J connectivity index is 1.24. The van der Waals surface area contributed by atoms with Crippen molar-refractivity contribution in [2.45, 2.75) is 76.4 Å². The minimum absolute atomic E-state index is 0.149. The maximum absolute atomic E-state index is 12.4. The van der Waals surface area contributed by atoms with Gasteiger partial charge in [0.1, 0.15) is 5.69 Å². The molecule has 0 aromatic carbocycles. The van der Waals surface area contributed by atoms with E-state index in [1.54, 1.807) is 16.8 Å². The normalized spacial score (nSPS) is 24.6. The molecule has 3 aromatic heterocycles. The molecular formula is C23H29N9O3. The number of rotatable bonds is 6. The molecule has 184 valence electrons. The fraction of sp³-hybridized carbons (Fsp3) is 0.565. The van der Waals surface area contributed by atoms with Crippen LogP contribution in [0.3, 0.4) is 0 Å². The zero-order valence-electron chi connectivity index (χ0n) is 19.5. The first-order valence-electron chi connectivity index (χ1n) is 12.3. The number of fused-ring (bicyclic) bond motifs is 1. The van der Waals surface area contributed by atoms with Crippen LogP contribution in [0.4, 0.5) is 5.95 Å². The maximum Gasteiger partial charge on any atom is 0.326 e. The first-order chi connectivity index (χ1) is 16.9. The Morgan fingerprint density at radius 3 is 2.57 bits per heavy atom. The summed E-state index contributed by atoms with van der Waals surface area (Å²) in [6.07, 6.45) is 10.9. The zero-order chi connectivity index (χ0) is 24.2. The molecule has 3 aliphatic carbocycles. The smallest absolute Gasteiger partial charge is 0.326 e. The molecule has 0 saturated heterocycles. The second-order valence-electron chi connectivity index (χ2n) is 10.3. The summed E-state index contributed by atoms with van der Waals surface area (Å²) in [5.41, 5.74) is 0.611. The molecule has 1 amide bonds. The van der Waals surface area contributed by atoms with E-state index in [0.29, 0.717) is 22.4 Å². The van der Waals surface area contributed by atoms with Gasteiger partial charge in [0, 0.05) is 22.7 Å². The third-order valence-corrected chi connectivity index (χ3v) is 7.20. The van der Waals surface area contributed by atoms with E-state index in [-0.39, 0.29) is 41.0 Å². The zero-order valence-corrected chi connectivity index (χ0v) is 19.5. The minimum atomic E-state index is -0.496. The lowest BCUT2D eigenvalue weighted by molar-refractivity contribution is -0.126. The van der Waals surface area contributed by atoms with Crippen molar-refractivity contribution in [2.75, 3.05) is 5.32 Å². The highest BCUT2D eigenvalue weighted by Gasteiger charge is 2.45. The molecule has 0 unspecified atom stereocenters. The summed E-state index contributed by atoms with van der Waals surface area (Å²) in [5, 5.41) is 21.6.